The van der Waals surface area contributed by atoms with Crippen LogP contribution in [-0.4, -0.2) is 23.9 Å². The normalized spacial score (nSPS) is 18.8. The summed E-state index contributed by atoms with van der Waals surface area (Å²) in [5.74, 6) is -0.0307. The molecule has 2 N–H and O–H groups in total. The van der Waals surface area contributed by atoms with E-state index in [0.29, 0.717) is 12.3 Å². The van der Waals surface area contributed by atoms with E-state index in [1.54, 1.807) is 0 Å². The van der Waals surface area contributed by atoms with E-state index in [1.165, 1.54) is 0 Å². The molecule has 0 aromatic heterocycles. The van der Waals surface area contributed by atoms with E-state index in [4.69, 9.17) is 0 Å². The zero-order valence-electron chi connectivity index (χ0n) is 19.8. The van der Waals surface area contributed by atoms with Gasteiger partial charge in [-0.25, -0.2) is 0 Å². The van der Waals surface area contributed by atoms with E-state index >= 15 is 0 Å². The smallest absolute Gasteiger partial charge is 0.243 e. The highest BCUT2D eigenvalue weighted by molar-refractivity contribution is 5.92. The highest BCUT2D eigenvalue weighted by atomic mass is 16.2. The molecule has 0 aliphatic heterocycles. The summed E-state index contributed by atoms with van der Waals surface area (Å²) in [6.07, 6.45) is 4.71. The van der Waals surface area contributed by atoms with E-state index in [9.17, 15) is 9.59 Å². The lowest BCUT2D eigenvalue weighted by Gasteiger charge is -2.29. The summed E-state index contributed by atoms with van der Waals surface area (Å²) in [5, 5.41) is 6.34. The van der Waals surface area contributed by atoms with Crippen LogP contribution in [-0.2, 0) is 16.0 Å². The summed E-state index contributed by atoms with van der Waals surface area (Å²) in [4.78, 5) is 27.1. The number of amides is 2. The molecule has 0 saturated heterocycles. The molecule has 1 fully saturated rings. The van der Waals surface area contributed by atoms with Gasteiger partial charge in [0.05, 0.1) is 5.92 Å². The fraction of sp³-hybridized carbons (Fsp3) is 0.333. The summed E-state index contributed by atoms with van der Waals surface area (Å²) < 4.78 is 0. The second-order valence-electron chi connectivity index (χ2n) is 9.47. The monoisotopic (exact) mass is 454 g/mol. The lowest BCUT2D eigenvalue weighted by molar-refractivity contribution is -0.129. The molecule has 4 rings (SSSR count). The highest BCUT2D eigenvalue weighted by Gasteiger charge is 2.29. The van der Waals surface area contributed by atoms with Gasteiger partial charge in [-0.1, -0.05) is 97.9 Å². The van der Waals surface area contributed by atoms with Gasteiger partial charge in [-0.3, -0.25) is 9.59 Å². The van der Waals surface area contributed by atoms with Crippen molar-refractivity contribution < 1.29 is 9.59 Å². The maximum Gasteiger partial charge on any atom is 0.243 e. The van der Waals surface area contributed by atoms with Gasteiger partial charge in [0.1, 0.15) is 6.04 Å². The first-order chi connectivity index (χ1) is 16.6. The fourth-order valence-corrected chi connectivity index (χ4v) is 4.81. The molecule has 2 amide bonds. The third kappa shape index (κ3) is 6.34. The van der Waals surface area contributed by atoms with E-state index in [-0.39, 0.29) is 17.9 Å². The summed E-state index contributed by atoms with van der Waals surface area (Å²) in [6.45, 7) is 2.27. The molecule has 0 heterocycles. The Bertz CT molecular complexity index is 1010. The minimum Gasteiger partial charge on any atom is -0.352 e. The average molecular weight is 455 g/mol. The Morgan fingerprint density at radius 1 is 0.735 bits per heavy atom. The predicted molar refractivity (Wildman–Crippen MR) is 136 cm³/mol. The number of rotatable bonds is 8. The second-order valence-corrected chi connectivity index (χ2v) is 9.47. The lowest BCUT2D eigenvalue weighted by Crippen LogP contribution is -2.52. The number of carbonyl (C=O) groups is 2. The molecule has 3 aromatic rings. The molecule has 3 aromatic carbocycles. The van der Waals surface area contributed by atoms with Gasteiger partial charge in [0.15, 0.2) is 0 Å². The number of hydrogen-bond donors (Lipinski definition) is 2. The van der Waals surface area contributed by atoms with Crippen LogP contribution in [0.3, 0.4) is 0 Å². The quantitative estimate of drug-likeness (QED) is 0.489. The molecule has 4 heteroatoms. The molecule has 1 aliphatic carbocycles. The Hall–Kier alpha value is -3.40. The Labute approximate surface area is 202 Å². The third-order valence-corrected chi connectivity index (χ3v) is 6.81. The second kappa shape index (κ2) is 11.6. The average Bonchev–Trinajstić information content (AvgIpc) is 2.87. The SMILES string of the molecule is CC1CCC(NC(=O)C(Cc2ccccc2)NC(=O)C(c2ccccc2)c2ccccc2)CC1. The Morgan fingerprint density at radius 3 is 1.76 bits per heavy atom. The predicted octanol–water partition coefficient (Wildman–Crippen LogP) is 5.24. The maximum atomic E-state index is 13.7. The van der Waals surface area contributed by atoms with Gasteiger partial charge in [0.25, 0.3) is 0 Å². The molecule has 1 saturated carbocycles. The van der Waals surface area contributed by atoms with Gasteiger partial charge >= 0.3 is 0 Å². The van der Waals surface area contributed by atoms with Gasteiger partial charge in [-0.05, 0) is 48.3 Å². The molecule has 176 valence electrons. The van der Waals surface area contributed by atoms with Crippen LogP contribution in [0.1, 0.15) is 55.2 Å². The van der Waals surface area contributed by atoms with Crippen LogP contribution in [0.5, 0.6) is 0 Å². The lowest BCUT2D eigenvalue weighted by atomic mass is 9.87. The minimum absolute atomic E-state index is 0.100. The van der Waals surface area contributed by atoms with Crippen molar-refractivity contribution in [2.75, 3.05) is 0 Å². The van der Waals surface area contributed by atoms with Crippen LogP contribution in [0.4, 0.5) is 0 Å². The zero-order chi connectivity index (χ0) is 23.8. The maximum absolute atomic E-state index is 13.7. The van der Waals surface area contributed by atoms with E-state index in [0.717, 1.165) is 42.4 Å². The van der Waals surface area contributed by atoms with Crippen molar-refractivity contribution in [2.45, 2.75) is 57.0 Å². The number of nitrogens with one attached hydrogen (secondary N) is 2. The third-order valence-electron chi connectivity index (χ3n) is 6.81. The first-order valence-corrected chi connectivity index (χ1v) is 12.3. The molecule has 34 heavy (non-hydrogen) atoms. The van der Waals surface area contributed by atoms with Gasteiger partial charge in [0, 0.05) is 12.5 Å². The zero-order valence-corrected chi connectivity index (χ0v) is 19.8. The first kappa shape index (κ1) is 23.7. The van der Waals surface area contributed by atoms with E-state index < -0.39 is 12.0 Å². The van der Waals surface area contributed by atoms with Gasteiger partial charge < -0.3 is 10.6 Å². The molecule has 1 unspecified atom stereocenters. The Balaban J connectivity index is 1.56. The van der Waals surface area contributed by atoms with Crippen molar-refractivity contribution in [3.63, 3.8) is 0 Å². The summed E-state index contributed by atoms with van der Waals surface area (Å²) in [7, 11) is 0. The van der Waals surface area contributed by atoms with Crippen molar-refractivity contribution in [3.8, 4) is 0 Å². The van der Waals surface area contributed by atoms with E-state index in [2.05, 4.69) is 17.6 Å². The standard InChI is InChI=1S/C30H34N2O2/c1-22-17-19-26(20-18-22)31-29(33)27(21-23-11-5-2-6-12-23)32-30(34)28(24-13-7-3-8-14-24)25-15-9-4-10-16-25/h2-16,22,26-28H,17-21H2,1H3,(H,31,33)(H,32,34). The van der Waals surface area contributed by atoms with Crippen molar-refractivity contribution in [1.29, 1.82) is 0 Å². The van der Waals surface area contributed by atoms with Crippen LogP contribution in [0.2, 0.25) is 0 Å². The van der Waals surface area contributed by atoms with E-state index in [1.807, 2.05) is 91.0 Å². The van der Waals surface area contributed by atoms with Crippen molar-refractivity contribution in [1.82, 2.24) is 10.6 Å². The van der Waals surface area contributed by atoms with Crippen LogP contribution in [0.25, 0.3) is 0 Å². The number of carbonyl (C=O) groups excluding carboxylic acids is 2. The minimum atomic E-state index is -0.635. The van der Waals surface area contributed by atoms with Gasteiger partial charge in [-0.15, -0.1) is 0 Å². The summed E-state index contributed by atoms with van der Waals surface area (Å²) in [6, 6.07) is 28.9. The van der Waals surface area contributed by atoms with Crippen LogP contribution in [0.15, 0.2) is 91.0 Å². The fourth-order valence-electron chi connectivity index (χ4n) is 4.81. The molecule has 4 nitrogen and oxygen atoms in total. The highest BCUT2D eigenvalue weighted by Crippen LogP contribution is 2.26. The summed E-state index contributed by atoms with van der Waals surface area (Å²) in [5.41, 5.74) is 2.84. The van der Waals surface area contributed by atoms with Gasteiger partial charge in [-0.2, -0.15) is 0 Å². The Kier molecular flexibility index (Phi) is 8.13. The first-order valence-electron chi connectivity index (χ1n) is 12.3. The van der Waals surface area contributed by atoms with Crippen molar-refractivity contribution in [2.24, 2.45) is 5.92 Å². The van der Waals surface area contributed by atoms with Crippen LogP contribution >= 0.6 is 0 Å². The van der Waals surface area contributed by atoms with Crippen LogP contribution < -0.4 is 10.6 Å². The Morgan fingerprint density at radius 2 is 1.24 bits per heavy atom. The molecular weight excluding hydrogens is 420 g/mol. The number of hydrogen-bond acceptors (Lipinski definition) is 2. The summed E-state index contributed by atoms with van der Waals surface area (Å²) >= 11 is 0. The number of benzene rings is 3. The molecule has 1 aliphatic rings. The molecule has 0 radical (unpaired) electrons. The van der Waals surface area contributed by atoms with Crippen LogP contribution in [0, 0.1) is 5.92 Å². The van der Waals surface area contributed by atoms with Crippen molar-refractivity contribution >= 4 is 11.8 Å². The molecule has 0 spiro atoms. The van der Waals surface area contributed by atoms with Crippen molar-refractivity contribution in [3.05, 3.63) is 108 Å². The molecular formula is C30H34N2O2. The molecule has 1 atom stereocenters. The largest absolute Gasteiger partial charge is 0.352 e. The van der Waals surface area contributed by atoms with Gasteiger partial charge in [0.2, 0.25) is 11.8 Å². The topological polar surface area (TPSA) is 58.2 Å². The molecule has 0 bridgehead atoms.